The Morgan fingerprint density at radius 1 is 1.00 bits per heavy atom. The molecule has 0 unspecified atom stereocenters. The summed E-state index contributed by atoms with van der Waals surface area (Å²) >= 11 is 5.83. The smallest absolute Gasteiger partial charge is 0.0219 e. The predicted octanol–water partition coefficient (Wildman–Crippen LogP) is 5.41. The van der Waals surface area contributed by atoms with Gasteiger partial charge in [-0.05, 0) is 29.7 Å². The first-order valence-corrected chi connectivity index (χ1v) is 8.58. The van der Waals surface area contributed by atoms with Crippen LogP contribution in [0.15, 0.2) is 32.9 Å². The molecular formula is C13H20S3. The number of rotatable bonds is 6. The van der Waals surface area contributed by atoms with Crippen molar-refractivity contribution in [1.29, 1.82) is 0 Å². The molecule has 0 aliphatic rings. The van der Waals surface area contributed by atoms with E-state index in [-0.39, 0.29) is 0 Å². The van der Waals surface area contributed by atoms with Crippen LogP contribution in [0.5, 0.6) is 0 Å². The van der Waals surface area contributed by atoms with E-state index >= 15 is 0 Å². The lowest BCUT2D eigenvalue weighted by atomic mass is 10.4. The number of thioether (sulfide) groups is 3. The molecule has 0 aliphatic carbocycles. The monoisotopic (exact) mass is 272 g/mol. The van der Waals surface area contributed by atoms with E-state index in [9.17, 15) is 0 Å². The average Bonchev–Trinajstić information content (AvgIpc) is 2.21. The van der Waals surface area contributed by atoms with E-state index in [4.69, 9.17) is 0 Å². The van der Waals surface area contributed by atoms with Crippen molar-refractivity contribution in [3.63, 3.8) is 0 Å². The Balaban J connectivity index is 2.87. The Bertz CT molecular complexity index is 321. The van der Waals surface area contributed by atoms with E-state index < -0.39 is 0 Å². The SMILES string of the molecule is CCSc1ccc(SC(C)C)cc1SCC. The summed E-state index contributed by atoms with van der Waals surface area (Å²) in [5, 5.41) is 0.657. The number of hydrogen-bond acceptors (Lipinski definition) is 3. The average molecular weight is 273 g/mol. The maximum atomic E-state index is 2.34. The van der Waals surface area contributed by atoms with Crippen molar-refractivity contribution in [2.45, 2.75) is 47.6 Å². The van der Waals surface area contributed by atoms with Crippen LogP contribution in [0.3, 0.4) is 0 Å². The Morgan fingerprint density at radius 2 is 1.62 bits per heavy atom. The lowest BCUT2D eigenvalue weighted by Gasteiger charge is -2.11. The molecule has 0 aliphatic heterocycles. The molecule has 1 aromatic rings. The molecule has 0 fully saturated rings. The molecule has 0 heterocycles. The van der Waals surface area contributed by atoms with Gasteiger partial charge in [-0.2, -0.15) is 0 Å². The van der Waals surface area contributed by atoms with Gasteiger partial charge in [-0.25, -0.2) is 0 Å². The summed E-state index contributed by atoms with van der Waals surface area (Å²) in [5.41, 5.74) is 0. The zero-order valence-corrected chi connectivity index (χ0v) is 12.9. The van der Waals surface area contributed by atoms with Gasteiger partial charge < -0.3 is 0 Å². The summed E-state index contributed by atoms with van der Waals surface area (Å²) in [6, 6.07) is 6.87. The van der Waals surface area contributed by atoms with Crippen molar-refractivity contribution in [2.75, 3.05) is 11.5 Å². The fourth-order valence-electron chi connectivity index (χ4n) is 1.38. The first kappa shape index (κ1) is 14.3. The molecule has 0 saturated carbocycles. The van der Waals surface area contributed by atoms with Crippen molar-refractivity contribution in [3.8, 4) is 0 Å². The van der Waals surface area contributed by atoms with Crippen LogP contribution in [0.25, 0.3) is 0 Å². The minimum Gasteiger partial charge on any atom is -0.125 e. The highest BCUT2D eigenvalue weighted by molar-refractivity contribution is 8.02. The molecule has 0 radical (unpaired) electrons. The van der Waals surface area contributed by atoms with E-state index in [1.54, 1.807) is 0 Å². The zero-order chi connectivity index (χ0) is 12.0. The van der Waals surface area contributed by atoms with Gasteiger partial charge in [0.05, 0.1) is 0 Å². The molecule has 0 nitrogen and oxygen atoms in total. The van der Waals surface area contributed by atoms with Gasteiger partial charge in [0.25, 0.3) is 0 Å². The highest BCUT2D eigenvalue weighted by Gasteiger charge is 2.05. The third-order valence-corrected chi connectivity index (χ3v) is 4.91. The van der Waals surface area contributed by atoms with Crippen LogP contribution in [-0.2, 0) is 0 Å². The van der Waals surface area contributed by atoms with E-state index in [1.807, 2.05) is 35.3 Å². The van der Waals surface area contributed by atoms with Gasteiger partial charge in [0.15, 0.2) is 0 Å². The van der Waals surface area contributed by atoms with Gasteiger partial charge in [0.2, 0.25) is 0 Å². The molecule has 1 rings (SSSR count). The maximum Gasteiger partial charge on any atom is 0.0219 e. The third kappa shape index (κ3) is 4.64. The minimum absolute atomic E-state index is 0.657. The fraction of sp³-hybridized carbons (Fsp3) is 0.538. The molecule has 16 heavy (non-hydrogen) atoms. The first-order valence-electron chi connectivity index (χ1n) is 5.73. The van der Waals surface area contributed by atoms with Crippen LogP contribution in [0, 0.1) is 0 Å². The molecule has 0 aromatic heterocycles. The Labute approximate surface area is 112 Å². The molecule has 0 amide bonds. The fourth-order valence-corrected chi connectivity index (χ4v) is 4.09. The van der Waals surface area contributed by atoms with Crippen LogP contribution in [0.4, 0.5) is 0 Å². The molecule has 0 atom stereocenters. The second-order valence-corrected chi connectivity index (χ2v) is 7.90. The highest BCUT2D eigenvalue weighted by atomic mass is 32.2. The van der Waals surface area contributed by atoms with E-state index in [2.05, 4.69) is 45.9 Å². The molecule has 0 saturated heterocycles. The van der Waals surface area contributed by atoms with Gasteiger partial charge in [-0.3, -0.25) is 0 Å². The Hall–Kier alpha value is 0.270. The van der Waals surface area contributed by atoms with Crippen LogP contribution in [0.1, 0.15) is 27.7 Å². The summed E-state index contributed by atoms with van der Waals surface area (Å²) in [6.45, 7) is 8.91. The third-order valence-electron chi connectivity index (χ3n) is 1.89. The lowest BCUT2D eigenvalue weighted by molar-refractivity contribution is 1.10. The topological polar surface area (TPSA) is 0 Å². The minimum atomic E-state index is 0.657. The number of hydrogen-bond donors (Lipinski definition) is 0. The van der Waals surface area contributed by atoms with Crippen LogP contribution in [0.2, 0.25) is 0 Å². The van der Waals surface area contributed by atoms with Gasteiger partial charge in [-0.15, -0.1) is 35.3 Å². The summed E-state index contributed by atoms with van der Waals surface area (Å²) in [7, 11) is 0. The second kappa shape index (κ2) is 7.57. The van der Waals surface area contributed by atoms with Crippen LogP contribution in [-0.4, -0.2) is 16.8 Å². The van der Waals surface area contributed by atoms with Crippen molar-refractivity contribution in [3.05, 3.63) is 18.2 Å². The van der Waals surface area contributed by atoms with Gasteiger partial charge in [0.1, 0.15) is 0 Å². The molecule has 0 N–H and O–H groups in total. The molecule has 1 aromatic carbocycles. The van der Waals surface area contributed by atoms with Crippen molar-refractivity contribution in [2.24, 2.45) is 0 Å². The summed E-state index contributed by atoms with van der Waals surface area (Å²) in [6.07, 6.45) is 0. The maximum absolute atomic E-state index is 2.34. The summed E-state index contributed by atoms with van der Waals surface area (Å²) < 4.78 is 0. The number of benzene rings is 1. The van der Waals surface area contributed by atoms with Crippen LogP contribution >= 0.6 is 35.3 Å². The summed E-state index contributed by atoms with van der Waals surface area (Å²) in [5.74, 6) is 2.29. The molecular weight excluding hydrogens is 252 g/mol. The van der Waals surface area contributed by atoms with Gasteiger partial charge in [0, 0.05) is 19.9 Å². The largest absolute Gasteiger partial charge is 0.125 e. The summed E-state index contributed by atoms with van der Waals surface area (Å²) in [4.78, 5) is 4.27. The lowest BCUT2D eigenvalue weighted by Crippen LogP contribution is -1.88. The molecule has 0 bridgehead atoms. The Morgan fingerprint density at radius 3 is 2.19 bits per heavy atom. The van der Waals surface area contributed by atoms with Crippen molar-refractivity contribution >= 4 is 35.3 Å². The molecule has 3 heteroatoms. The standard InChI is InChI=1S/C13H20S3/c1-5-14-12-8-7-11(16-10(3)4)9-13(12)15-6-2/h7-10H,5-6H2,1-4H3. The Kier molecular flexibility index (Phi) is 6.78. The first-order chi connectivity index (χ1) is 7.67. The van der Waals surface area contributed by atoms with Crippen molar-refractivity contribution in [1.82, 2.24) is 0 Å². The predicted molar refractivity (Wildman–Crippen MR) is 80.2 cm³/mol. The molecule has 0 spiro atoms. The van der Waals surface area contributed by atoms with E-state index in [1.165, 1.54) is 14.7 Å². The normalized spacial score (nSPS) is 11.1. The van der Waals surface area contributed by atoms with Crippen LogP contribution < -0.4 is 0 Å². The van der Waals surface area contributed by atoms with Crippen molar-refractivity contribution < 1.29 is 0 Å². The highest BCUT2D eigenvalue weighted by Crippen LogP contribution is 2.35. The molecule has 90 valence electrons. The van der Waals surface area contributed by atoms with E-state index in [0.29, 0.717) is 5.25 Å². The quantitative estimate of drug-likeness (QED) is 0.635. The van der Waals surface area contributed by atoms with Gasteiger partial charge >= 0.3 is 0 Å². The zero-order valence-electron chi connectivity index (χ0n) is 10.4. The van der Waals surface area contributed by atoms with E-state index in [0.717, 1.165) is 11.5 Å². The second-order valence-electron chi connectivity index (χ2n) is 3.64. The van der Waals surface area contributed by atoms with Gasteiger partial charge in [-0.1, -0.05) is 27.7 Å².